The van der Waals surface area contributed by atoms with E-state index >= 15 is 0 Å². The van der Waals surface area contributed by atoms with E-state index in [2.05, 4.69) is 0 Å². The molecular weight excluding hydrogens is 160 g/mol. The maximum atomic E-state index is 8.49. The number of hydrogen-bond donors (Lipinski definition) is 1. The summed E-state index contributed by atoms with van der Waals surface area (Å²) in [6.07, 6.45) is -0.345. The molecule has 0 aliphatic heterocycles. The van der Waals surface area contributed by atoms with Gasteiger partial charge in [-0.25, -0.2) is 0 Å². The zero-order chi connectivity index (χ0) is 9.23. The summed E-state index contributed by atoms with van der Waals surface area (Å²) in [6, 6.07) is 0. The Kier molecular flexibility index (Phi) is 8.81. The SMILES string of the molecule is CCOCC(OCC)OCCO. The standard InChI is InChI=1S/C8H18O4/c1-3-10-7-8(11-4-2)12-6-5-9/h8-9H,3-7H2,1-2H3. The van der Waals surface area contributed by atoms with Gasteiger partial charge in [-0.15, -0.1) is 0 Å². The van der Waals surface area contributed by atoms with Crippen molar-refractivity contribution in [3.05, 3.63) is 0 Å². The van der Waals surface area contributed by atoms with Crippen LogP contribution >= 0.6 is 0 Å². The van der Waals surface area contributed by atoms with Gasteiger partial charge in [0, 0.05) is 13.2 Å². The highest BCUT2D eigenvalue weighted by atomic mass is 16.7. The van der Waals surface area contributed by atoms with Crippen LogP contribution in [0.15, 0.2) is 0 Å². The number of ether oxygens (including phenoxy) is 3. The molecule has 1 N–H and O–H groups in total. The van der Waals surface area contributed by atoms with E-state index in [1.54, 1.807) is 0 Å². The average Bonchev–Trinajstić information content (AvgIpc) is 2.10. The van der Waals surface area contributed by atoms with Crippen LogP contribution in [0.25, 0.3) is 0 Å². The first kappa shape index (κ1) is 11.8. The minimum atomic E-state index is -0.345. The Hall–Kier alpha value is -0.160. The second-order valence-electron chi connectivity index (χ2n) is 2.14. The summed E-state index contributed by atoms with van der Waals surface area (Å²) in [7, 11) is 0. The van der Waals surface area contributed by atoms with Crippen LogP contribution in [0.2, 0.25) is 0 Å². The Morgan fingerprint density at radius 1 is 1.17 bits per heavy atom. The van der Waals surface area contributed by atoms with Crippen LogP contribution in [0.4, 0.5) is 0 Å². The fraction of sp³-hybridized carbons (Fsp3) is 1.00. The molecule has 0 bridgehead atoms. The number of aliphatic hydroxyl groups is 1. The molecular formula is C8H18O4. The van der Waals surface area contributed by atoms with E-state index in [9.17, 15) is 0 Å². The van der Waals surface area contributed by atoms with E-state index in [0.29, 0.717) is 19.8 Å². The normalized spacial score (nSPS) is 13.2. The van der Waals surface area contributed by atoms with Crippen molar-refractivity contribution in [1.29, 1.82) is 0 Å². The topological polar surface area (TPSA) is 47.9 Å². The summed E-state index contributed by atoms with van der Waals surface area (Å²) in [5.74, 6) is 0. The number of aliphatic hydroxyl groups excluding tert-OH is 1. The number of hydrogen-bond acceptors (Lipinski definition) is 4. The molecule has 0 heterocycles. The first-order valence-electron chi connectivity index (χ1n) is 4.26. The second-order valence-corrected chi connectivity index (χ2v) is 2.14. The Bertz CT molecular complexity index is 79.1. The molecule has 0 aromatic carbocycles. The third kappa shape index (κ3) is 6.54. The van der Waals surface area contributed by atoms with Gasteiger partial charge in [0.2, 0.25) is 0 Å². The average molecular weight is 178 g/mol. The molecule has 0 aromatic heterocycles. The number of rotatable bonds is 8. The molecule has 0 amide bonds. The van der Waals surface area contributed by atoms with Crippen molar-refractivity contribution in [3.63, 3.8) is 0 Å². The van der Waals surface area contributed by atoms with Gasteiger partial charge in [0.15, 0.2) is 6.29 Å². The van der Waals surface area contributed by atoms with Crippen molar-refractivity contribution >= 4 is 0 Å². The van der Waals surface area contributed by atoms with E-state index in [1.165, 1.54) is 0 Å². The minimum absolute atomic E-state index is 0.00962. The van der Waals surface area contributed by atoms with E-state index in [1.807, 2.05) is 13.8 Å². The third-order valence-corrected chi connectivity index (χ3v) is 1.21. The van der Waals surface area contributed by atoms with Crippen molar-refractivity contribution in [2.45, 2.75) is 20.1 Å². The van der Waals surface area contributed by atoms with Crippen LogP contribution in [0.5, 0.6) is 0 Å². The Balaban J connectivity index is 3.40. The van der Waals surface area contributed by atoms with E-state index < -0.39 is 0 Å². The largest absolute Gasteiger partial charge is 0.394 e. The summed E-state index contributed by atoms with van der Waals surface area (Å²) in [5, 5.41) is 8.49. The zero-order valence-corrected chi connectivity index (χ0v) is 7.78. The van der Waals surface area contributed by atoms with E-state index in [-0.39, 0.29) is 19.5 Å². The lowest BCUT2D eigenvalue weighted by atomic mass is 10.6. The van der Waals surface area contributed by atoms with Gasteiger partial charge in [-0.2, -0.15) is 0 Å². The fourth-order valence-electron chi connectivity index (χ4n) is 0.728. The lowest BCUT2D eigenvalue weighted by Gasteiger charge is -2.16. The fourth-order valence-corrected chi connectivity index (χ4v) is 0.728. The van der Waals surface area contributed by atoms with Gasteiger partial charge in [-0.05, 0) is 13.8 Å². The summed E-state index contributed by atoms with van der Waals surface area (Å²) in [5.41, 5.74) is 0. The lowest BCUT2D eigenvalue weighted by Crippen LogP contribution is -2.24. The monoisotopic (exact) mass is 178 g/mol. The third-order valence-electron chi connectivity index (χ3n) is 1.21. The first-order valence-corrected chi connectivity index (χ1v) is 4.26. The van der Waals surface area contributed by atoms with Crippen LogP contribution in [0.1, 0.15) is 13.8 Å². The molecule has 0 aliphatic carbocycles. The highest BCUT2D eigenvalue weighted by Crippen LogP contribution is 1.95. The smallest absolute Gasteiger partial charge is 0.180 e. The molecule has 0 saturated carbocycles. The minimum Gasteiger partial charge on any atom is -0.394 e. The Morgan fingerprint density at radius 2 is 1.92 bits per heavy atom. The van der Waals surface area contributed by atoms with Crippen molar-refractivity contribution in [2.24, 2.45) is 0 Å². The predicted molar refractivity (Wildman–Crippen MR) is 44.9 cm³/mol. The van der Waals surface area contributed by atoms with Crippen LogP contribution in [-0.4, -0.2) is 44.4 Å². The molecule has 74 valence electrons. The van der Waals surface area contributed by atoms with Crippen molar-refractivity contribution in [3.8, 4) is 0 Å². The molecule has 1 atom stereocenters. The highest BCUT2D eigenvalue weighted by Gasteiger charge is 2.07. The van der Waals surface area contributed by atoms with Crippen molar-refractivity contribution < 1.29 is 19.3 Å². The van der Waals surface area contributed by atoms with Crippen LogP contribution in [-0.2, 0) is 14.2 Å². The molecule has 0 spiro atoms. The maximum absolute atomic E-state index is 8.49. The molecule has 0 rings (SSSR count). The molecule has 0 fully saturated rings. The second kappa shape index (κ2) is 8.93. The summed E-state index contributed by atoms with van der Waals surface area (Å²) in [6.45, 7) is 5.75. The predicted octanol–water partition coefficient (Wildman–Crippen LogP) is 0.394. The van der Waals surface area contributed by atoms with Gasteiger partial charge >= 0.3 is 0 Å². The van der Waals surface area contributed by atoms with E-state index in [0.717, 1.165) is 0 Å². The van der Waals surface area contributed by atoms with Gasteiger partial charge in [0.25, 0.3) is 0 Å². The lowest BCUT2D eigenvalue weighted by molar-refractivity contribution is -0.172. The molecule has 0 aromatic rings. The van der Waals surface area contributed by atoms with Crippen molar-refractivity contribution in [1.82, 2.24) is 0 Å². The molecule has 4 nitrogen and oxygen atoms in total. The Morgan fingerprint density at radius 3 is 2.42 bits per heavy atom. The van der Waals surface area contributed by atoms with Crippen LogP contribution in [0.3, 0.4) is 0 Å². The zero-order valence-electron chi connectivity index (χ0n) is 7.78. The van der Waals surface area contributed by atoms with Gasteiger partial charge < -0.3 is 19.3 Å². The molecule has 1 unspecified atom stereocenters. The molecule has 0 radical (unpaired) electrons. The summed E-state index contributed by atoms with van der Waals surface area (Å²) >= 11 is 0. The maximum Gasteiger partial charge on any atom is 0.180 e. The molecule has 4 heteroatoms. The van der Waals surface area contributed by atoms with Crippen LogP contribution in [0, 0.1) is 0 Å². The van der Waals surface area contributed by atoms with Gasteiger partial charge in [-0.3, -0.25) is 0 Å². The van der Waals surface area contributed by atoms with Gasteiger partial charge in [0.05, 0.1) is 19.8 Å². The van der Waals surface area contributed by atoms with Gasteiger partial charge in [0.1, 0.15) is 0 Å². The van der Waals surface area contributed by atoms with Crippen molar-refractivity contribution in [2.75, 3.05) is 33.0 Å². The summed E-state index contributed by atoms with van der Waals surface area (Å²) < 4.78 is 15.4. The quantitative estimate of drug-likeness (QED) is 0.546. The molecule has 12 heavy (non-hydrogen) atoms. The molecule has 0 saturated heterocycles. The Labute approximate surface area is 73.4 Å². The molecule has 0 aliphatic rings. The first-order chi connectivity index (χ1) is 5.85. The van der Waals surface area contributed by atoms with Gasteiger partial charge in [-0.1, -0.05) is 0 Å². The summed E-state index contributed by atoms with van der Waals surface area (Å²) in [4.78, 5) is 0. The van der Waals surface area contributed by atoms with Crippen LogP contribution < -0.4 is 0 Å². The van der Waals surface area contributed by atoms with E-state index in [4.69, 9.17) is 19.3 Å². The highest BCUT2D eigenvalue weighted by molar-refractivity contribution is 4.41.